The van der Waals surface area contributed by atoms with Gasteiger partial charge in [-0.1, -0.05) is 18.7 Å². The molecule has 0 saturated heterocycles. The Hall–Kier alpha value is -0.370. The first-order valence-electron chi connectivity index (χ1n) is 3.10. The van der Waals surface area contributed by atoms with Gasteiger partial charge in [0.15, 0.2) is 5.09 Å². The minimum absolute atomic E-state index is 1.02. The van der Waals surface area contributed by atoms with Crippen LogP contribution in [0.4, 0.5) is 0 Å². The van der Waals surface area contributed by atoms with Crippen LogP contribution in [0.3, 0.4) is 0 Å². The molecule has 0 unspecified atom stereocenters. The van der Waals surface area contributed by atoms with Crippen LogP contribution in [0.5, 0.6) is 0 Å². The predicted molar refractivity (Wildman–Crippen MR) is 39.7 cm³/mol. The molecular weight excluding hydrogens is 132 g/mol. The standard InChI is InChI=1S/C7H10OS/c1-2-6-9-7-4-3-5-8-7/h3-5H,2,6H2,1H3. The summed E-state index contributed by atoms with van der Waals surface area (Å²) in [5.74, 6) is 1.15. The Morgan fingerprint density at radius 1 is 1.67 bits per heavy atom. The van der Waals surface area contributed by atoms with E-state index in [0.29, 0.717) is 0 Å². The second-order valence-corrected chi connectivity index (χ2v) is 2.88. The molecule has 1 aromatic rings. The largest absolute Gasteiger partial charge is 0.458 e. The van der Waals surface area contributed by atoms with Crippen molar-refractivity contribution < 1.29 is 4.42 Å². The molecule has 1 aromatic heterocycles. The van der Waals surface area contributed by atoms with Crippen LogP contribution >= 0.6 is 11.8 Å². The summed E-state index contributed by atoms with van der Waals surface area (Å²) in [7, 11) is 0. The van der Waals surface area contributed by atoms with Gasteiger partial charge < -0.3 is 4.42 Å². The van der Waals surface area contributed by atoms with Crippen molar-refractivity contribution in [2.24, 2.45) is 0 Å². The van der Waals surface area contributed by atoms with Crippen molar-refractivity contribution in [3.8, 4) is 0 Å². The van der Waals surface area contributed by atoms with Crippen LogP contribution in [0.2, 0.25) is 0 Å². The summed E-state index contributed by atoms with van der Waals surface area (Å²) >= 11 is 1.76. The van der Waals surface area contributed by atoms with E-state index >= 15 is 0 Å². The van der Waals surface area contributed by atoms with Crippen LogP contribution in [0.25, 0.3) is 0 Å². The van der Waals surface area contributed by atoms with Gasteiger partial charge in [-0.05, 0) is 18.6 Å². The van der Waals surface area contributed by atoms with E-state index in [0.717, 1.165) is 10.8 Å². The van der Waals surface area contributed by atoms with Gasteiger partial charge in [-0.25, -0.2) is 0 Å². The average molecular weight is 142 g/mol. The Morgan fingerprint density at radius 2 is 2.56 bits per heavy atom. The molecule has 9 heavy (non-hydrogen) atoms. The van der Waals surface area contributed by atoms with Gasteiger partial charge in [0.2, 0.25) is 0 Å². The molecule has 0 aliphatic rings. The highest BCUT2D eigenvalue weighted by molar-refractivity contribution is 7.99. The highest BCUT2D eigenvalue weighted by atomic mass is 32.2. The lowest BCUT2D eigenvalue weighted by atomic mass is 10.6. The average Bonchev–Trinajstić information content (AvgIpc) is 2.34. The fourth-order valence-electron chi connectivity index (χ4n) is 0.548. The minimum Gasteiger partial charge on any atom is -0.458 e. The summed E-state index contributed by atoms with van der Waals surface area (Å²) in [4.78, 5) is 0. The van der Waals surface area contributed by atoms with Gasteiger partial charge in [0.05, 0.1) is 6.26 Å². The molecule has 0 saturated carbocycles. The molecule has 0 aliphatic carbocycles. The summed E-state index contributed by atoms with van der Waals surface area (Å²) in [5.41, 5.74) is 0. The zero-order valence-electron chi connectivity index (χ0n) is 5.46. The van der Waals surface area contributed by atoms with Gasteiger partial charge in [0, 0.05) is 5.75 Å². The first-order chi connectivity index (χ1) is 4.43. The van der Waals surface area contributed by atoms with Crippen molar-refractivity contribution in [3.05, 3.63) is 18.4 Å². The van der Waals surface area contributed by atoms with Crippen LogP contribution in [0.1, 0.15) is 13.3 Å². The van der Waals surface area contributed by atoms with E-state index in [2.05, 4.69) is 6.92 Å². The third kappa shape index (κ3) is 2.14. The predicted octanol–water partition coefficient (Wildman–Crippen LogP) is 2.78. The van der Waals surface area contributed by atoms with Crippen LogP contribution < -0.4 is 0 Å². The Morgan fingerprint density at radius 3 is 3.11 bits per heavy atom. The normalized spacial score (nSPS) is 9.89. The number of furan rings is 1. The molecule has 2 heteroatoms. The molecule has 1 nitrogen and oxygen atoms in total. The quantitative estimate of drug-likeness (QED) is 0.602. The van der Waals surface area contributed by atoms with Crippen molar-refractivity contribution >= 4 is 11.8 Å². The fraction of sp³-hybridized carbons (Fsp3) is 0.429. The summed E-state index contributed by atoms with van der Waals surface area (Å²) < 4.78 is 5.10. The highest BCUT2D eigenvalue weighted by Crippen LogP contribution is 2.17. The van der Waals surface area contributed by atoms with Crippen LogP contribution in [0, 0.1) is 0 Å². The van der Waals surface area contributed by atoms with Crippen LogP contribution in [0.15, 0.2) is 27.9 Å². The van der Waals surface area contributed by atoms with E-state index in [1.54, 1.807) is 18.0 Å². The van der Waals surface area contributed by atoms with E-state index < -0.39 is 0 Å². The van der Waals surface area contributed by atoms with Gasteiger partial charge in [0.25, 0.3) is 0 Å². The Bertz CT molecular complexity index is 146. The highest BCUT2D eigenvalue weighted by Gasteiger charge is 1.91. The van der Waals surface area contributed by atoms with E-state index in [9.17, 15) is 0 Å². The van der Waals surface area contributed by atoms with Crippen molar-refractivity contribution in [2.45, 2.75) is 18.4 Å². The van der Waals surface area contributed by atoms with E-state index in [-0.39, 0.29) is 0 Å². The first kappa shape index (κ1) is 6.75. The number of hydrogen-bond donors (Lipinski definition) is 0. The Balaban J connectivity index is 2.30. The fourth-order valence-corrected chi connectivity index (χ4v) is 1.25. The molecule has 0 radical (unpaired) electrons. The molecule has 0 aliphatic heterocycles. The number of rotatable bonds is 3. The zero-order valence-corrected chi connectivity index (χ0v) is 6.28. The molecule has 0 bridgehead atoms. The number of hydrogen-bond acceptors (Lipinski definition) is 2. The zero-order chi connectivity index (χ0) is 6.53. The van der Waals surface area contributed by atoms with Gasteiger partial charge in [-0.15, -0.1) is 0 Å². The molecule has 0 fully saturated rings. The van der Waals surface area contributed by atoms with Crippen molar-refractivity contribution in [3.63, 3.8) is 0 Å². The van der Waals surface area contributed by atoms with E-state index in [1.807, 2.05) is 12.1 Å². The van der Waals surface area contributed by atoms with Crippen LogP contribution in [-0.4, -0.2) is 5.75 Å². The van der Waals surface area contributed by atoms with Crippen molar-refractivity contribution in [1.29, 1.82) is 0 Å². The van der Waals surface area contributed by atoms with Gasteiger partial charge in [-0.2, -0.15) is 0 Å². The molecule has 0 spiro atoms. The Labute approximate surface area is 59.4 Å². The monoisotopic (exact) mass is 142 g/mol. The maximum absolute atomic E-state index is 5.10. The molecule has 0 amide bonds. The van der Waals surface area contributed by atoms with Gasteiger partial charge >= 0.3 is 0 Å². The summed E-state index contributed by atoms with van der Waals surface area (Å²) in [6.07, 6.45) is 2.91. The second kappa shape index (κ2) is 3.62. The van der Waals surface area contributed by atoms with Crippen molar-refractivity contribution in [2.75, 3.05) is 5.75 Å². The van der Waals surface area contributed by atoms with E-state index in [4.69, 9.17) is 4.42 Å². The first-order valence-corrected chi connectivity index (χ1v) is 4.08. The van der Waals surface area contributed by atoms with E-state index in [1.165, 1.54) is 6.42 Å². The lowest BCUT2D eigenvalue weighted by molar-refractivity contribution is 0.474. The lowest BCUT2D eigenvalue weighted by Gasteiger charge is -1.89. The molecule has 1 heterocycles. The van der Waals surface area contributed by atoms with Gasteiger partial charge in [0.1, 0.15) is 0 Å². The summed E-state index contributed by atoms with van der Waals surface area (Å²) in [5, 5.41) is 1.02. The molecule has 0 N–H and O–H groups in total. The summed E-state index contributed by atoms with van der Waals surface area (Å²) in [6.45, 7) is 2.16. The topological polar surface area (TPSA) is 13.1 Å². The number of thioether (sulfide) groups is 1. The minimum atomic E-state index is 1.02. The van der Waals surface area contributed by atoms with Crippen LogP contribution in [-0.2, 0) is 0 Å². The molecule has 0 atom stereocenters. The third-order valence-corrected chi connectivity index (χ3v) is 2.07. The molecule has 1 rings (SSSR count). The molecular formula is C7H10OS. The van der Waals surface area contributed by atoms with Gasteiger partial charge in [-0.3, -0.25) is 0 Å². The SMILES string of the molecule is CCCSc1ccco1. The maximum atomic E-state index is 5.10. The Kier molecular flexibility index (Phi) is 2.71. The second-order valence-electron chi connectivity index (χ2n) is 1.78. The molecule has 50 valence electrons. The lowest BCUT2D eigenvalue weighted by Crippen LogP contribution is -1.69. The summed E-state index contributed by atoms with van der Waals surface area (Å²) in [6, 6.07) is 3.90. The van der Waals surface area contributed by atoms with Crippen molar-refractivity contribution in [1.82, 2.24) is 0 Å². The smallest absolute Gasteiger partial charge is 0.160 e. The maximum Gasteiger partial charge on any atom is 0.160 e. The third-order valence-electron chi connectivity index (χ3n) is 0.944. The molecule has 0 aromatic carbocycles.